The number of benzene rings is 1. The normalized spacial score (nSPS) is 12.0. The summed E-state index contributed by atoms with van der Waals surface area (Å²) < 4.78 is 0. The predicted octanol–water partition coefficient (Wildman–Crippen LogP) is 4.03. The van der Waals surface area contributed by atoms with Crippen LogP contribution in [0.25, 0.3) is 0 Å². The summed E-state index contributed by atoms with van der Waals surface area (Å²) in [5.74, 6) is 1.44. The van der Waals surface area contributed by atoms with E-state index in [0.29, 0.717) is 11.9 Å². The zero-order valence-corrected chi connectivity index (χ0v) is 15.6. The van der Waals surface area contributed by atoms with Crippen LogP contribution in [0.3, 0.4) is 0 Å². The van der Waals surface area contributed by atoms with Crippen molar-refractivity contribution in [3.05, 3.63) is 35.9 Å². The number of unbranched alkanes of at least 4 members (excludes halogenated alkanes) is 2. The Morgan fingerprint density at radius 1 is 1.00 bits per heavy atom. The lowest BCUT2D eigenvalue weighted by Crippen LogP contribution is -2.28. The van der Waals surface area contributed by atoms with Gasteiger partial charge in [0.15, 0.2) is 0 Å². The molecule has 0 saturated carbocycles. The van der Waals surface area contributed by atoms with E-state index in [1.165, 1.54) is 5.56 Å². The van der Waals surface area contributed by atoms with E-state index >= 15 is 0 Å². The van der Waals surface area contributed by atoms with Crippen LogP contribution in [0.5, 0.6) is 0 Å². The van der Waals surface area contributed by atoms with Gasteiger partial charge in [0.25, 0.3) is 0 Å². The first-order chi connectivity index (χ1) is 12.1. The van der Waals surface area contributed by atoms with E-state index in [9.17, 15) is 0 Å². The van der Waals surface area contributed by atoms with Crippen LogP contribution in [0.2, 0.25) is 0 Å². The van der Waals surface area contributed by atoms with Gasteiger partial charge in [-0.3, -0.25) is 0 Å². The third kappa shape index (κ3) is 5.89. The Morgan fingerprint density at radius 3 is 2.24 bits per heavy atom. The minimum Gasteiger partial charge on any atom is -0.368 e. The molecule has 6 nitrogen and oxygen atoms in total. The third-order valence-electron chi connectivity index (χ3n) is 4.13. The predicted molar refractivity (Wildman–Crippen MR) is 105 cm³/mol. The van der Waals surface area contributed by atoms with Crippen molar-refractivity contribution in [2.24, 2.45) is 0 Å². The Hall–Kier alpha value is -2.37. The number of hydrogen-bond acceptors (Lipinski definition) is 6. The number of anilines is 3. The highest BCUT2D eigenvalue weighted by Crippen LogP contribution is 2.19. The van der Waals surface area contributed by atoms with Gasteiger partial charge in [-0.25, -0.2) is 0 Å². The van der Waals surface area contributed by atoms with Crippen molar-refractivity contribution < 1.29 is 0 Å². The van der Waals surface area contributed by atoms with Crippen molar-refractivity contribution in [1.82, 2.24) is 15.0 Å². The molecule has 2 aromatic rings. The molecular formula is C19H30N6. The number of nitrogens with zero attached hydrogens (tertiary/aromatic N) is 4. The van der Waals surface area contributed by atoms with Gasteiger partial charge in [-0.05, 0) is 25.3 Å². The van der Waals surface area contributed by atoms with Crippen LogP contribution in [0.1, 0.15) is 58.1 Å². The lowest BCUT2D eigenvalue weighted by Gasteiger charge is -2.23. The first-order valence-corrected chi connectivity index (χ1v) is 9.22. The number of nitrogen functional groups attached to an aromatic ring is 1. The Bertz CT molecular complexity index is 623. The zero-order valence-electron chi connectivity index (χ0n) is 15.6. The van der Waals surface area contributed by atoms with E-state index in [1.54, 1.807) is 0 Å². The van der Waals surface area contributed by atoms with Gasteiger partial charge in [-0.1, -0.05) is 57.0 Å². The summed E-state index contributed by atoms with van der Waals surface area (Å²) in [6.45, 7) is 8.34. The summed E-state index contributed by atoms with van der Waals surface area (Å²) in [5, 5.41) is 3.34. The molecule has 0 bridgehead atoms. The Kier molecular flexibility index (Phi) is 7.44. The molecule has 3 N–H and O–H groups in total. The van der Waals surface area contributed by atoms with Gasteiger partial charge in [-0.2, -0.15) is 15.0 Å². The van der Waals surface area contributed by atoms with Crippen LogP contribution in [-0.2, 0) is 0 Å². The molecule has 6 heteroatoms. The molecule has 0 amide bonds. The highest BCUT2D eigenvalue weighted by Gasteiger charge is 2.14. The molecule has 0 radical (unpaired) electrons. The van der Waals surface area contributed by atoms with Gasteiger partial charge >= 0.3 is 0 Å². The first-order valence-electron chi connectivity index (χ1n) is 9.22. The molecule has 1 heterocycles. The summed E-state index contributed by atoms with van der Waals surface area (Å²) in [5.41, 5.74) is 7.12. The van der Waals surface area contributed by atoms with E-state index in [2.05, 4.69) is 58.1 Å². The Morgan fingerprint density at radius 2 is 1.64 bits per heavy atom. The highest BCUT2D eigenvalue weighted by atomic mass is 15.3. The van der Waals surface area contributed by atoms with Gasteiger partial charge in [0, 0.05) is 13.1 Å². The molecule has 0 fully saturated rings. The maximum Gasteiger partial charge on any atom is 0.231 e. The summed E-state index contributed by atoms with van der Waals surface area (Å²) in [4.78, 5) is 15.5. The molecule has 0 saturated heterocycles. The van der Waals surface area contributed by atoms with Crippen LogP contribution in [-0.4, -0.2) is 28.0 Å². The van der Waals surface area contributed by atoms with Gasteiger partial charge in [0.05, 0.1) is 6.04 Å². The van der Waals surface area contributed by atoms with Gasteiger partial charge in [0.1, 0.15) is 0 Å². The molecule has 0 aliphatic carbocycles. The van der Waals surface area contributed by atoms with Crippen molar-refractivity contribution in [3.8, 4) is 0 Å². The molecule has 1 atom stereocenters. The van der Waals surface area contributed by atoms with Crippen molar-refractivity contribution in [2.45, 2.75) is 52.5 Å². The van der Waals surface area contributed by atoms with E-state index in [-0.39, 0.29) is 12.0 Å². The van der Waals surface area contributed by atoms with E-state index in [1.807, 2.05) is 18.2 Å². The number of aromatic nitrogens is 3. The van der Waals surface area contributed by atoms with Crippen molar-refractivity contribution in [1.29, 1.82) is 0 Å². The summed E-state index contributed by atoms with van der Waals surface area (Å²) in [7, 11) is 0. The quantitative estimate of drug-likeness (QED) is 0.678. The van der Waals surface area contributed by atoms with Crippen LogP contribution in [0, 0.1) is 0 Å². The van der Waals surface area contributed by atoms with Crippen molar-refractivity contribution in [3.63, 3.8) is 0 Å². The molecular weight excluding hydrogens is 312 g/mol. The first kappa shape index (κ1) is 19.0. The molecule has 1 aromatic heterocycles. The monoisotopic (exact) mass is 342 g/mol. The van der Waals surface area contributed by atoms with Gasteiger partial charge < -0.3 is 16.0 Å². The van der Waals surface area contributed by atoms with Gasteiger partial charge in [0.2, 0.25) is 17.8 Å². The van der Waals surface area contributed by atoms with Crippen LogP contribution in [0.15, 0.2) is 30.3 Å². The van der Waals surface area contributed by atoms with Crippen LogP contribution in [0.4, 0.5) is 17.8 Å². The molecule has 2 rings (SSSR count). The number of nitrogens with two attached hydrogens (primary N) is 1. The van der Waals surface area contributed by atoms with E-state index < -0.39 is 0 Å². The van der Waals surface area contributed by atoms with Gasteiger partial charge in [-0.15, -0.1) is 0 Å². The fourth-order valence-corrected chi connectivity index (χ4v) is 2.62. The van der Waals surface area contributed by atoms with Crippen LogP contribution < -0.4 is 16.0 Å². The average Bonchev–Trinajstić information content (AvgIpc) is 2.62. The highest BCUT2D eigenvalue weighted by molar-refractivity contribution is 5.43. The van der Waals surface area contributed by atoms with Crippen molar-refractivity contribution in [2.75, 3.05) is 29.0 Å². The lowest BCUT2D eigenvalue weighted by atomic mass is 10.1. The average molecular weight is 342 g/mol. The second-order valence-electron chi connectivity index (χ2n) is 6.29. The second kappa shape index (κ2) is 9.81. The third-order valence-corrected chi connectivity index (χ3v) is 4.13. The fraction of sp³-hybridized carbons (Fsp3) is 0.526. The number of rotatable bonds is 10. The topological polar surface area (TPSA) is 80.0 Å². The second-order valence-corrected chi connectivity index (χ2v) is 6.29. The maximum absolute atomic E-state index is 5.94. The molecule has 0 unspecified atom stereocenters. The smallest absolute Gasteiger partial charge is 0.231 e. The Labute approximate surface area is 150 Å². The fourth-order valence-electron chi connectivity index (χ4n) is 2.62. The lowest BCUT2D eigenvalue weighted by molar-refractivity contribution is 0.661. The SMILES string of the molecule is CCCCN(CCCC)c1nc(N)nc(N[C@@H](C)c2ccccc2)n1. The maximum atomic E-state index is 5.94. The minimum absolute atomic E-state index is 0.0931. The molecule has 0 spiro atoms. The summed E-state index contributed by atoms with van der Waals surface area (Å²) in [6, 6.07) is 10.3. The summed E-state index contributed by atoms with van der Waals surface area (Å²) >= 11 is 0. The van der Waals surface area contributed by atoms with E-state index in [4.69, 9.17) is 5.73 Å². The van der Waals surface area contributed by atoms with E-state index in [0.717, 1.165) is 38.8 Å². The Balaban J connectivity index is 2.16. The number of nitrogens with one attached hydrogen (secondary N) is 1. The minimum atomic E-state index is 0.0931. The molecule has 25 heavy (non-hydrogen) atoms. The molecule has 0 aliphatic rings. The molecule has 0 aliphatic heterocycles. The molecule has 136 valence electrons. The largest absolute Gasteiger partial charge is 0.368 e. The van der Waals surface area contributed by atoms with Crippen LogP contribution >= 0.6 is 0 Å². The summed E-state index contributed by atoms with van der Waals surface area (Å²) in [6.07, 6.45) is 4.50. The standard InChI is InChI=1S/C19H30N6/c1-4-6-13-25(14-7-5-2)19-23-17(20)22-18(24-19)21-15(3)16-11-9-8-10-12-16/h8-12,15H,4-7,13-14H2,1-3H3,(H3,20,21,22,23,24)/t15-/m0/s1. The van der Waals surface area contributed by atoms with Crippen molar-refractivity contribution >= 4 is 17.8 Å². The molecule has 1 aromatic carbocycles. The number of hydrogen-bond donors (Lipinski definition) is 2. The zero-order chi connectivity index (χ0) is 18.1.